The Morgan fingerprint density at radius 1 is 0.931 bits per heavy atom. The third-order valence-corrected chi connectivity index (χ3v) is 5.52. The molecule has 4 rings (SSSR count). The van der Waals surface area contributed by atoms with Gasteiger partial charge in [-0.05, 0) is 74.5 Å². The van der Waals surface area contributed by atoms with Crippen molar-refractivity contribution in [3.63, 3.8) is 0 Å². The van der Waals surface area contributed by atoms with E-state index in [1.807, 2.05) is 63.8 Å². The molecule has 0 amide bonds. The predicted octanol–water partition coefficient (Wildman–Crippen LogP) is 4.43. The molecule has 1 aromatic heterocycles. The summed E-state index contributed by atoms with van der Waals surface area (Å²) >= 11 is 5.79. The van der Waals surface area contributed by atoms with E-state index in [4.69, 9.17) is 26.8 Å². The molecule has 29 heavy (non-hydrogen) atoms. The molecule has 2 heterocycles. The van der Waals surface area contributed by atoms with Crippen LogP contribution in [-0.4, -0.2) is 39.4 Å². The Morgan fingerprint density at radius 2 is 1.62 bits per heavy atom. The van der Waals surface area contributed by atoms with Gasteiger partial charge < -0.3 is 9.47 Å². The molecule has 6 nitrogen and oxygen atoms in total. The van der Waals surface area contributed by atoms with Crippen LogP contribution >= 0.6 is 12.2 Å². The van der Waals surface area contributed by atoms with Gasteiger partial charge >= 0.3 is 0 Å². The van der Waals surface area contributed by atoms with E-state index in [9.17, 15) is 0 Å². The van der Waals surface area contributed by atoms with Crippen LogP contribution in [0.25, 0.3) is 5.69 Å². The van der Waals surface area contributed by atoms with Crippen LogP contribution in [0.1, 0.15) is 25.1 Å². The highest BCUT2D eigenvalue weighted by Gasteiger charge is 2.17. The number of rotatable bonds is 7. The number of hydrogen-bond acceptors (Lipinski definition) is 5. The molecule has 0 bridgehead atoms. The number of benzene rings is 2. The summed E-state index contributed by atoms with van der Waals surface area (Å²) in [6, 6.07) is 17.6. The van der Waals surface area contributed by atoms with Crippen molar-refractivity contribution in [3.05, 3.63) is 65.2 Å². The van der Waals surface area contributed by atoms with Crippen LogP contribution < -0.4 is 9.47 Å². The van der Waals surface area contributed by atoms with E-state index in [0.29, 0.717) is 18.0 Å². The van der Waals surface area contributed by atoms with Gasteiger partial charge in [-0.25, -0.2) is 4.68 Å². The summed E-state index contributed by atoms with van der Waals surface area (Å²) in [7, 11) is 1.65. The molecular formula is C22H26N4O2S. The Balaban J connectivity index is 1.59. The van der Waals surface area contributed by atoms with Gasteiger partial charge in [0, 0.05) is 5.69 Å². The fourth-order valence-electron chi connectivity index (χ4n) is 3.58. The van der Waals surface area contributed by atoms with Gasteiger partial charge in [-0.3, -0.25) is 9.47 Å². The van der Waals surface area contributed by atoms with Gasteiger partial charge in [0.2, 0.25) is 4.77 Å². The molecule has 152 valence electrons. The van der Waals surface area contributed by atoms with Gasteiger partial charge in [-0.15, -0.1) is 0 Å². The van der Waals surface area contributed by atoms with Gasteiger partial charge in [-0.2, -0.15) is 5.10 Å². The fourth-order valence-corrected chi connectivity index (χ4v) is 3.89. The van der Waals surface area contributed by atoms with E-state index < -0.39 is 0 Å². The topological polar surface area (TPSA) is 44.5 Å². The number of piperidine rings is 1. The average molecular weight is 411 g/mol. The minimum Gasteiger partial charge on any atom is -0.497 e. The van der Waals surface area contributed by atoms with Crippen molar-refractivity contribution >= 4 is 12.2 Å². The molecule has 3 aromatic rings. The number of likely N-dealkylation sites (tertiary alicyclic amines) is 1. The summed E-state index contributed by atoms with van der Waals surface area (Å²) in [6.07, 6.45) is 3.78. The molecule has 0 N–H and O–H groups in total. The van der Waals surface area contributed by atoms with Gasteiger partial charge in [0.1, 0.15) is 18.1 Å². The number of hydrogen-bond donors (Lipinski definition) is 0. The Bertz CT molecular complexity index is 976. The normalized spacial score (nSPS) is 14.7. The minimum atomic E-state index is 0.331. The Kier molecular flexibility index (Phi) is 6.27. The van der Waals surface area contributed by atoms with Crippen LogP contribution in [0.4, 0.5) is 0 Å². The third kappa shape index (κ3) is 4.68. The van der Waals surface area contributed by atoms with Gasteiger partial charge in [0.25, 0.3) is 0 Å². The maximum atomic E-state index is 6.00. The van der Waals surface area contributed by atoms with Crippen molar-refractivity contribution in [2.75, 3.05) is 20.2 Å². The number of methoxy groups -OCH3 is 1. The first-order chi connectivity index (χ1) is 14.2. The van der Waals surface area contributed by atoms with Crippen LogP contribution in [-0.2, 0) is 13.3 Å². The number of ether oxygens (including phenoxy) is 2. The highest BCUT2D eigenvalue weighted by atomic mass is 32.1. The molecule has 0 aliphatic carbocycles. The third-order valence-electron chi connectivity index (χ3n) is 5.13. The molecule has 0 atom stereocenters. The van der Waals surface area contributed by atoms with Gasteiger partial charge in [-0.1, -0.05) is 24.6 Å². The quantitative estimate of drug-likeness (QED) is 0.539. The van der Waals surface area contributed by atoms with Crippen molar-refractivity contribution in [1.82, 2.24) is 19.2 Å². The Morgan fingerprint density at radius 3 is 2.31 bits per heavy atom. The first-order valence-electron chi connectivity index (χ1n) is 9.98. The second kappa shape index (κ2) is 9.24. The van der Waals surface area contributed by atoms with Crippen molar-refractivity contribution in [1.29, 1.82) is 0 Å². The molecule has 0 radical (unpaired) electrons. The fraction of sp³-hybridized carbons (Fsp3) is 0.364. The maximum Gasteiger partial charge on any atom is 0.203 e. The largest absolute Gasteiger partial charge is 0.497 e. The molecule has 0 saturated carbocycles. The summed E-state index contributed by atoms with van der Waals surface area (Å²) in [6.45, 7) is 3.24. The predicted molar refractivity (Wildman–Crippen MR) is 115 cm³/mol. The van der Waals surface area contributed by atoms with E-state index in [2.05, 4.69) is 4.90 Å². The van der Waals surface area contributed by atoms with E-state index >= 15 is 0 Å². The van der Waals surface area contributed by atoms with Crippen LogP contribution in [0.15, 0.2) is 54.6 Å². The summed E-state index contributed by atoms with van der Waals surface area (Å²) in [5.41, 5.74) is 0.996. The average Bonchev–Trinajstić information content (AvgIpc) is 3.09. The van der Waals surface area contributed by atoms with E-state index in [0.717, 1.165) is 36.1 Å². The smallest absolute Gasteiger partial charge is 0.203 e. The van der Waals surface area contributed by atoms with Crippen LogP contribution in [0, 0.1) is 4.77 Å². The molecule has 1 saturated heterocycles. The summed E-state index contributed by atoms with van der Waals surface area (Å²) < 4.78 is 15.8. The summed E-state index contributed by atoms with van der Waals surface area (Å²) in [4.78, 5) is 2.41. The Labute approximate surface area is 176 Å². The molecule has 1 aliphatic heterocycles. The van der Waals surface area contributed by atoms with E-state index in [1.165, 1.54) is 19.3 Å². The molecule has 0 spiro atoms. The molecular weight excluding hydrogens is 384 g/mol. The molecule has 0 unspecified atom stereocenters. The molecule has 1 aliphatic rings. The summed E-state index contributed by atoms with van der Waals surface area (Å²) in [5.74, 6) is 2.35. The van der Waals surface area contributed by atoms with E-state index in [1.54, 1.807) is 7.11 Å². The van der Waals surface area contributed by atoms with Gasteiger partial charge in [0.05, 0.1) is 13.8 Å². The Hall–Kier alpha value is -2.64. The van der Waals surface area contributed by atoms with Gasteiger partial charge in [0.15, 0.2) is 5.82 Å². The lowest BCUT2D eigenvalue weighted by atomic mass is 10.1. The van der Waals surface area contributed by atoms with Crippen LogP contribution in [0.3, 0.4) is 0 Å². The molecule has 2 aromatic carbocycles. The zero-order valence-corrected chi connectivity index (χ0v) is 17.5. The van der Waals surface area contributed by atoms with Crippen LogP contribution in [0.5, 0.6) is 11.5 Å². The second-order valence-corrected chi connectivity index (χ2v) is 7.52. The SMILES string of the molecule is COc1ccc(OCc2nn(CN3CCCCC3)c(=S)n2-c2ccccc2)cc1. The molecule has 1 fully saturated rings. The van der Waals surface area contributed by atoms with Crippen molar-refractivity contribution in [2.45, 2.75) is 32.5 Å². The monoisotopic (exact) mass is 410 g/mol. The lowest BCUT2D eigenvalue weighted by Gasteiger charge is -2.25. The lowest BCUT2D eigenvalue weighted by Crippen LogP contribution is -2.32. The van der Waals surface area contributed by atoms with Crippen molar-refractivity contribution < 1.29 is 9.47 Å². The first-order valence-corrected chi connectivity index (χ1v) is 10.4. The zero-order chi connectivity index (χ0) is 20.1. The number of nitrogens with zero attached hydrogens (tertiary/aromatic N) is 4. The number of para-hydroxylation sites is 1. The number of aromatic nitrogens is 3. The van der Waals surface area contributed by atoms with Crippen molar-refractivity contribution in [3.8, 4) is 17.2 Å². The van der Waals surface area contributed by atoms with Crippen molar-refractivity contribution in [2.24, 2.45) is 0 Å². The summed E-state index contributed by atoms with van der Waals surface area (Å²) in [5, 5.41) is 4.81. The minimum absolute atomic E-state index is 0.331. The maximum absolute atomic E-state index is 6.00. The standard InChI is InChI=1S/C22H26N4O2S/c1-27-19-10-12-20(13-11-19)28-16-21-23-25(17-24-14-6-3-7-15-24)22(29)26(21)18-8-4-2-5-9-18/h2,4-5,8-13H,3,6-7,14-17H2,1H3. The first kappa shape index (κ1) is 19.7. The highest BCUT2D eigenvalue weighted by Crippen LogP contribution is 2.20. The van der Waals surface area contributed by atoms with Crippen LogP contribution in [0.2, 0.25) is 0 Å². The second-order valence-electron chi connectivity index (χ2n) is 7.15. The van der Waals surface area contributed by atoms with E-state index in [-0.39, 0.29) is 0 Å². The molecule has 7 heteroatoms. The zero-order valence-electron chi connectivity index (χ0n) is 16.7. The highest BCUT2D eigenvalue weighted by molar-refractivity contribution is 7.71. The lowest BCUT2D eigenvalue weighted by molar-refractivity contribution is 0.171.